The van der Waals surface area contributed by atoms with E-state index in [0.29, 0.717) is 13.0 Å². The summed E-state index contributed by atoms with van der Waals surface area (Å²) in [5, 5.41) is 0. The van der Waals surface area contributed by atoms with Gasteiger partial charge in [-0.05, 0) is 32.1 Å². The molecule has 0 unspecified atom stereocenters. The van der Waals surface area contributed by atoms with E-state index >= 15 is 0 Å². The molecular weight excluding hydrogens is 764 g/mol. The Bertz CT molecular complexity index is 742. The van der Waals surface area contributed by atoms with Crippen molar-refractivity contribution < 1.29 is 18.6 Å². The Morgan fingerprint density at radius 3 is 0.898 bits per heavy atom. The molecule has 59 heavy (non-hydrogen) atoms. The lowest BCUT2D eigenvalue weighted by molar-refractivity contribution is -0.143. The predicted molar refractivity (Wildman–Crippen MR) is 267 cm³/mol. The van der Waals surface area contributed by atoms with E-state index in [0.717, 1.165) is 26.1 Å². The van der Waals surface area contributed by atoms with Gasteiger partial charge in [0.2, 0.25) is 7.58 Å². The fourth-order valence-electron chi connectivity index (χ4n) is 8.05. The first-order valence-electron chi connectivity index (χ1n) is 27.1. The van der Waals surface area contributed by atoms with Crippen molar-refractivity contribution in [2.24, 2.45) is 0 Å². The van der Waals surface area contributed by atoms with E-state index in [4.69, 9.17) is 13.8 Å². The monoisotopic (exact) mass is 871 g/mol. The van der Waals surface area contributed by atoms with Crippen LogP contribution in [0.2, 0.25) is 0 Å². The van der Waals surface area contributed by atoms with Gasteiger partial charge in [0.15, 0.2) is 0 Å². The number of esters is 1. The van der Waals surface area contributed by atoms with Gasteiger partial charge in [-0.3, -0.25) is 4.79 Å². The summed E-state index contributed by atoms with van der Waals surface area (Å²) in [6.07, 6.45) is 59.7. The molecule has 0 fully saturated rings. The zero-order valence-corrected chi connectivity index (χ0v) is 42.3. The van der Waals surface area contributed by atoms with Crippen LogP contribution in [0.15, 0.2) is 0 Å². The number of carbonyl (C=O) groups excluding carboxylic acids is 1. The zero-order chi connectivity index (χ0) is 42.6. The first-order valence-corrected chi connectivity index (χ1v) is 29.9. The second kappa shape index (κ2) is 54.3. The highest BCUT2D eigenvalue weighted by atomic mass is 32.7. The van der Waals surface area contributed by atoms with Gasteiger partial charge in [0.05, 0.1) is 19.8 Å². The summed E-state index contributed by atoms with van der Waals surface area (Å²) >= 11 is 1.97. The first kappa shape index (κ1) is 59.2. The maximum Gasteiger partial charge on any atom is 0.305 e. The Labute approximate surface area is 377 Å². The molecule has 6 heteroatoms. The maximum absolute atomic E-state index is 12.1. The standard InChI is InChI=1S/C53H107O4PS/c1-4-7-10-13-16-19-24-29-34-39-44-49-55-53(54)48-43-38-33-28-23-22-27-32-37-42-47-52-59-58(56-50-45-40-35-30-25-20-17-14-11-8-5-2)57-51-46-41-36-31-26-21-18-15-12-9-6-3/h4-52H2,1-3H3. The molecule has 0 heterocycles. The average molecular weight is 871 g/mol. The fourth-order valence-corrected chi connectivity index (χ4v) is 11.0. The van der Waals surface area contributed by atoms with Crippen molar-refractivity contribution in [3.63, 3.8) is 0 Å². The molecule has 0 N–H and O–H groups in total. The van der Waals surface area contributed by atoms with Gasteiger partial charge in [-0.2, -0.15) is 0 Å². The molecule has 0 atom stereocenters. The van der Waals surface area contributed by atoms with Gasteiger partial charge < -0.3 is 13.8 Å². The van der Waals surface area contributed by atoms with Crippen LogP contribution in [0.3, 0.4) is 0 Å². The minimum absolute atomic E-state index is 0.0197. The second-order valence-corrected chi connectivity index (χ2v) is 21.5. The minimum atomic E-state index is -0.798. The number of unbranched alkanes of at least 4 members (excludes halogenated alkanes) is 40. The molecule has 0 saturated carbocycles. The molecule has 0 saturated heterocycles. The first-order chi connectivity index (χ1) is 29.2. The Morgan fingerprint density at radius 2 is 0.576 bits per heavy atom. The summed E-state index contributed by atoms with van der Waals surface area (Å²) in [6.45, 7) is 9.26. The molecule has 0 aromatic rings. The van der Waals surface area contributed by atoms with E-state index in [1.54, 1.807) is 0 Å². The minimum Gasteiger partial charge on any atom is -0.466 e. The molecule has 354 valence electrons. The van der Waals surface area contributed by atoms with Crippen molar-refractivity contribution in [1.29, 1.82) is 0 Å². The second-order valence-electron chi connectivity index (χ2n) is 18.2. The maximum atomic E-state index is 12.1. The lowest BCUT2D eigenvalue weighted by Gasteiger charge is -2.17. The van der Waals surface area contributed by atoms with Crippen LogP contribution in [-0.4, -0.2) is 31.5 Å². The molecule has 0 aliphatic carbocycles. The van der Waals surface area contributed by atoms with Crippen molar-refractivity contribution in [1.82, 2.24) is 0 Å². The lowest BCUT2D eigenvalue weighted by atomic mass is 10.1. The summed E-state index contributed by atoms with van der Waals surface area (Å²) < 4.78 is 18.2. The van der Waals surface area contributed by atoms with E-state index in [2.05, 4.69) is 20.8 Å². The molecule has 0 aromatic heterocycles. The molecular formula is C53H107O4PS. The van der Waals surface area contributed by atoms with Gasteiger partial charge in [-0.1, -0.05) is 283 Å². The SMILES string of the molecule is CCCCCCCCCCCCCOC(=O)CCCCCCCCCCCCCSP(OCCCCCCCCCCCCC)OCCCCCCCCCCCCC. The third-order valence-corrected chi connectivity index (χ3v) is 15.4. The van der Waals surface area contributed by atoms with Crippen molar-refractivity contribution >= 4 is 24.9 Å². The highest BCUT2D eigenvalue weighted by Crippen LogP contribution is 2.52. The Kier molecular flexibility index (Phi) is 54.5. The number of hydrogen-bond donors (Lipinski definition) is 0. The molecule has 0 bridgehead atoms. The molecule has 0 aliphatic rings. The molecule has 0 rings (SSSR count). The van der Waals surface area contributed by atoms with E-state index in [-0.39, 0.29) is 5.97 Å². The average Bonchev–Trinajstić information content (AvgIpc) is 3.24. The molecule has 0 spiro atoms. The molecule has 0 radical (unpaired) electrons. The van der Waals surface area contributed by atoms with E-state index < -0.39 is 7.58 Å². The fraction of sp³-hybridized carbons (Fsp3) is 0.981. The van der Waals surface area contributed by atoms with Crippen molar-refractivity contribution in [3.8, 4) is 0 Å². The third-order valence-electron chi connectivity index (χ3n) is 12.1. The lowest BCUT2D eigenvalue weighted by Crippen LogP contribution is -2.05. The molecule has 4 nitrogen and oxygen atoms in total. The van der Waals surface area contributed by atoms with E-state index in [1.807, 2.05) is 11.4 Å². The third kappa shape index (κ3) is 52.4. The smallest absolute Gasteiger partial charge is 0.305 e. The Morgan fingerprint density at radius 1 is 0.322 bits per heavy atom. The summed E-state index contributed by atoms with van der Waals surface area (Å²) in [5.41, 5.74) is 0. The number of carbonyl (C=O) groups is 1. The molecule has 0 aliphatic heterocycles. The largest absolute Gasteiger partial charge is 0.466 e. The zero-order valence-electron chi connectivity index (χ0n) is 40.6. The van der Waals surface area contributed by atoms with Crippen LogP contribution >= 0.6 is 19.0 Å². The van der Waals surface area contributed by atoms with Gasteiger partial charge in [-0.15, -0.1) is 0 Å². The van der Waals surface area contributed by atoms with E-state index in [9.17, 15) is 4.79 Å². The quantitative estimate of drug-likeness (QED) is 0.0346. The van der Waals surface area contributed by atoms with Crippen LogP contribution in [0.25, 0.3) is 0 Å². The van der Waals surface area contributed by atoms with Crippen LogP contribution < -0.4 is 0 Å². The van der Waals surface area contributed by atoms with Gasteiger partial charge in [0.25, 0.3) is 0 Å². The number of hydrogen-bond acceptors (Lipinski definition) is 5. The van der Waals surface area contributed by atoms with Crippen LogP contribution in [0.1, 0.15) is 310 Å². The molecule has 0 aromatic carbocycles. The number of rotatable bonds is 53. The van der Waals surface area contributed by atoms with Gasteiger partial charge in [-0.25, -0.2) is 0 Å². The highest BCUT2D eigenvalue weighted by Gasteiger charge is 2.12. The van der Waals surface area contributed by atoms with Crippen LogP contribution in [0.4, 0.5) is 0 Å². The number of ether oxygens (including phenoxy) is 1. The Hall–Kier alpha value is 0.170. The Balaban J connectivity index is 3.82. The van der Waals surface area contributed by atoms with Crippen molar-refractivity contribution in [2.45, 2.75) is 310 Å². The summed E-state index contributed by atoms with van der Waals surface area (Å²) in [4.78, 5) is 12.1. The summed E-state index contributed by atoms with van der Waals surface area (Å²) in [7, 11) is -0.798. The van der Waals surface area contributed by atoms with Crippen LogP contribution in [0.5, 0.6) is 0 Å². The van der Waals surface area contributed by atoms with Crippen LogP contribution in [-0.2, 0) is 18.6 Å². The van der Waals surface area contributed by atoms with Crippen molar-refractivity contribution in [2.75, 3.05) is 25.6 Å². The summed E-state index contributed by atoms with van der Waals surface area (Å²) in [5.74, 6) is 1.20. The van der Waals surface area contributed by atoms with E-state index in [1.165, 1.54) is 275 Å². The normalized spacial score (nSPS) is 11.7. The predicted octanol–water partition coefficient (Wildman–Crippen LogP) is 20.1. The van der Waals surface area contributed by atoms with Gasteiger partial charge >= 0.3 is 5.97 Å². The van der Waals surface area contributed by atoms with Crippen molar-refractivity contribution in [3.05, 3.63) is 0 Å². The summed E-state index contributed by atoms with van der Waals surface area (Å²) in [6, 6.07) is 0. The molecule has 0 amide bonds. The van der Waals surface area contributed by atoms with Gasteiger partial charge in [0, 0.05) is 12.2 Å². The van der Waals surface area contributed by atoms with Gasteiger partial charge in [0.1, 0.15) is 0 Å². The highest BCUT2D eigenvalue weighted by molar-refractivity contribution is 8.52. The van der Waals surface area contributed by atoms with Crippen LogP contribution in [0, 0.1) is 0 Å². The topological polar surface area (TPSA) is 44.8 Å².